The van der Waals surface area contributed by atoms with Gasteiger partial charge >= 0.3 is 0 Å². The van der Waals surface area contributed by atoms with Crippen LogP contribution in [0.2, 0.25) is 0 Å². The zero-order valence-corrected chi connectivity index (χ0v) is 11.7. The maximum atomic E-state index is 5.91. The lowest BCUT2D eigenvalue weighted by atomic mass is 10.1. The van der Waals surface area contributed by atoms with Crippen molar-refractivity contribution in [2.45, 2.75) is 58.0 Å². The normalized spacial score (nSPS) is 22.6. The van der Waals surface area contributed by atoms with E-state index in [1.807, 2.05) is 6.92 Å². The number of hydrogen-bond acceptors (Lipinski definition) is 2. The van der Waals surface area contributed by atoms with Crippen molar-refractivity contribution < 1.29 is 0 Å². The maximum absolute atomic E-state index is 5.91. The van der Waals surface area contributed by atoms with Crippen LogP contribution in [0.1, 0.15) is 57.6 Å². The zero-order valence-electron chi connectivity index (χ0n) is 11.7. The van der Waals surface area contributed by atoms with Crippen LogP contribution in [0.5, 0.6) is 0 Å². The quantitative estimate of drug-likeness (QED) is 0.877. The van der Waals surface area contributed by atoms with Crippen molar-refractivity contribution in [3.05, 3.63) is 29.8 Å². The molecule has 100 valence electrons. The molecule has 0 saturated carbocycles. The Labute approximate surface area is 111 Å². The molecule has 1 aromatic rings. The van der Waals surface area contributed by atoms with Crippen LogP contribution in [0.15, 0.2) is 24.3 Å². The Hall–Kier alpha value is -1.02. The van der Waals surface area contributed by atoms with E-state index < -0.39 is 0 Å². The van der Waals surface area contributed by atoms with Crippen LogP contribution >= 0.6 is 0 Å². The van der Waals surface area contributed by atoms with E-state index in [0.29, 0.717) is 6.04 Å². The second kappa shape index (κ2) is 6.24. The van der Waals surface area contributed by atoms with E-state index in [1.165, 1.54) is 49.9 Å². The van der Waals surface area contributed by atoms with Gasteiger partial charge in [0.2, 0.25) is 0 Å². The highest BCUT2D eigenvalue weighted by Crippen LogP contribution is 2.26. The van der Waals surface area contributed by atoms with Crippen molar-refractivity contribution in [3.63, 3.8) is 0 Å². The van der Waals surface area contributed by atoms with Crippen LogP contribution < -0.4 is 10.6 Å². The van der Waals surface area contributed by atoms with Gasteiger partial charge in [-0.25, -0.2) is 0 Å². The first-order valence-corrected chi connectivity index (χ1v) is 7.34. The Kier molecular flexibility index (Phi) is 4.65. The van der Waals surface area contributed by atoms with E-state index in [9.17, 15) is 0 Å². The molecule has 1 heterocycles. The van der Waals surface area contributed by atoms with Crippen molar-refractivity contribution in [2.75, 3.05) is 11.4 Å². The molecule has 2 atom stereocenters. The van der Waals surface area contributed by atoms with Gasteiger partial charge in [0.15, 0.2) is 0 Å². The SMILES string of the molecule is CCC1CCCCCN1c1ccc([C@@H](C)N)cc1. The fraction of sp³-hybridized carbons (Fsp3) is 0.625. The van der Waals surface area contributed by atoms with Gasteiger partial charge in [0.1, 0.15) is 0 Å². The van der Waals surface area contributed by atoms with E-state index in [1.54, 1.807) is 0 Å². The Bertz CT molecular complexity index is 356. The predicted octanol–water partition coefficient (Wildman–Crippen LogP) is 3.87. The highest BCUT2D eigenvalue weighted by Gasteiger charge is 2.19. The number of anilines is 1. The zero-order chi connectivity index (χ0) is 13.0. The van der Waals surface area contributed by atoms with E-state index in [-0.39, 0.29) is 6.04 Å². The summed E-state index contributed by atoms with van der Waals surface area (Å²) < 4.78 is 0. The molecular formula is C16H26N2. The van der Waals surface area contributed by atoms with E-state index in [4.69, 9.17) is 5.73 Å². The van der Waals surface area contributed by atoms with Gasteiger partial charge in [-0.1, -0.05) is 31.9 Å². The number of nitrogens with two attached hydrogens (primary N) is 1. The Morgan fingerprint density at radius 3 is 2.56 bits per heavy atom. The number of benzene rings is 1. The molecular weight excluding hydrogens is 220 g/mol. The highest BCUT2D eigenvalue weighted by molar-refractivity contribution is 5.49. The largest absolute Gasteiger partial charge is 0.369 e. The standard InChI is InChI=1S/C16H26N2/c1-3-15-7-5-4-6-12-18(15)16-10-8-14(9-11-16)13(2)17/h8-11,13,15H,3-7,12,17H2,1-2H3/t13-,15?/m1/s1. The van der Waals surface area contributed by atoms with Gasteiger partial charge in [-0.05, 0) is 43.9 Å². The minimum atomic E-state index is 0.130. The van der Waals surface area contributed by atoms with Gasteiger partial charge in [-0.3, -0.25) is 0 Å². The average Bonchev–Trinajstić information content (AvgIpc) is 2.63. The Morgan fingerprint density at radius 1 is 1.22 bits per heavy atom. The first kappa shape index (κ1) is 13.4. The molecule has 2 heteroatoms. The molecule has 2 rings (SSSR count). The lowest BCUT2D eigenvalue weighted by Gasteiger charge is -2.31. The van der Waals surface area contributed by atoms with Crippen molar-refractivity contribution >= 4 is 5.69 Å². The molecule has 0 amide bonds. The number of rotatable bonds is 3. The second-order valence-corrected chi connectivity index (χ2v) is 5.49. The lowest BCUT2D eigenvalue weighted by molar-refractivity contribution is 0.556. The van der Waals surface area contributed by atoms with Gasteiger partial charge in [0.25, 0.3) is 0 Å². The third-order valence-corrected chi connectivity index (χ3v) is 4.10. The number of nitrogens with zero attached hydrogens (tertiary/aromatic N) is 1. The Morgan fingerprint density at radius 2 is 1.94 bits per heavy atom. The highest BCUT2D eigenvalue weighted by atomic mass is 15.2. The van der Waals surface area contributed by atoms with E-state index in [0.717, 1.165) is 0 Å². The van der Waals surface area contributed by atoms with Crippen LogP contribution in [-0.2, 0) is 0 Å². The summed E-state index contributed by atoms with van der Waals surface area (Å²) in [7, 11) is 0. The maximum Gasteiger partial charge on any atom is 0.0368 e. The summed E-state index contributed by atoms with van der Waals surface area (Å²) in [6.07, 6.45) is 6.67. The molecule has 2 N–H and O–H groups in total. The van der Waals surface area contributed by atoms with Crippen molar-refractivity contribution in [1.82, 2.24) is 0 Å². The van der Waals surface area contributed by atoms with Gasteiger partial charge in [-0.2, -0.15) is 0 Å². The summed E-state index contributed by atoms with van der Waals surface area (Å²) in [5, 5.41) is 0. The lowest BCUT2D eigenvalue weighted by Crippen LogP contribution is -2.34. The van der Waals surface area contributed by atoms with Crippen molar-refractivity contribution in [2.24, 2.45) is 5.73 Å². The summed E-state index contributed by atoms with van der Waals surface area (Å²) >= 11 is 0. The van der Waals surface area contributed by atoms with Gasteiger partial charge in [-0.15, -0.1) is 0 Å². The molecule has 0 bridgehead atoms. The fourth-order valence-electron chi connectivity index (χ4n) is 2.91. The fourth-order valence-corrected chi connectivity index (χ4v) is 2.91. The van der Waals surface area contributed by atoms with Gasteiger partial charge in [0.05, 0.1) is 0 Å². The molecule has 1 unspecified atom stereocenters. The molecule has 1 aliphatic rings. The monoisotopic (exact) mass is 246 g/mol. The predicted molar refractivity (Wildman–Crippen MR) is 78.9 cm³/mol. The molecule has 1 fully saturated rings. The average molecular weight is 246 g/mol. The third-order valence-electron chi connectivity index (χ3n) is 4.10. The molecule has 0 aliphatic carbocycles. The topological polar surface area (TPSA) is 29.3 Å². The molecule has 0 spiro atoms. The summed E-state index contributed by atoms with van der Waals surface area (Å²) in [5.41, 5.74) is 8.50. The molecule has 18 heavy (non-hydrogen) atoms. The van der Waals surface area contributed by atoms with Crippen LogP contribution in [0.25, 0.3) is 0 Å². The molecule has 1 aliphatic heterocycles. The minimum Gasteiger partial charge on any atom is -0.369 e. The van der Waals surface area contributed by atoms with Crippen LogP contribution in [-0.4, -0.2) is 12.6 Å². The van der Waals surface area contributed by atoms with Crippen molar-refractivity contribution in [1.29, 1.82) is 0 Å². The van der Waals surface area contributed by atoms with Gasteiger partial charge in [0, 0.05) is 24.3 Å². The van der Waals surface area contributed by atoms with E-state index >= 15 is 0 Å². The molecule has 0 aromatic heterocycles. The van der Waals surface area contributed by atoms with Gasteiger partial charge < -0.3 is 10.6 Å². The van der Waals surface area contributed by atoms with Crippen LogP contribution in [0.4, 0.5) is 5.69 Å². The summed E-state index contributed by atoms with van der Waals surface area (Å²) in [6, 6.07) is 9.69. The summed E-state index contributed by atoms with van der Waals surface area (Å²) in [6.45, 7) is 5.55. The van der Waals surface area contributed by atoms with Crippen LogP contribution in [0, 0.1) is 0 Å². The van der Waals surface area contributed by atoms with E-state index in [2.05, 4.69) is 36.1 Å². The minimum absolute atomic E-state index is 0.130. The second-order valence-electron chi connectivity index (χ2n) is 5.49. The Balaban J connectivity index is 2.16. The molecule has 2 nitrogen and oxygen atoms in total. The summed E-state index contributed by atoms with van der Waals surface area (Å²) in [4.78, 5) is 2.60. The molecule has 1 saturated heterocycles. The summed E-state index contributed by atoms with van der Waals surface area (Å²) in [5.74, 6) is 0. The number of hydrogen-bond donors (Lipinski definition) is 1. The molecule has 1 aromatic carbocycles. The third kappa shape index (κ3) is 3.05. The van der Waals surface area contributed by atoms with Crippen LogP contribution in [0.3, 0.4) is 0 Å². The van der Waals surface area contributed by atoms with Crippen molar-refractivity contribution in [3.8, 4) is 0 Å². The smallest absolute Gasteiger partial charge is 0.0368 e. The first-order valence-electron chi connectivity index (χ1n) is 7.34. The molecule has 0 radical (unpaired) electrons. The first-order chi connectivity index (χ1) is 8.72.